The Kier molecular flexibility index (Phi) is 18.2. The smallest absolute Gasteiger partial charge is 0.744 e. The molecule has 31 heavy (non-hydrogen) atoms. The van der Waals surface area contributed by atoms with Crippen LogP contribution in [0.5, 0.6) is 0 Å². The van der Waals surface area contributed by atoms with E-state index in [1.165, 1.54) is 40.7 Å². The SMILES string of the molecule is O.O.O.O.O.O=C(Nc1cccc(Sn2ncnn2)c1)c1ccccc1S(=O)(=O)[O-].[Au+]. The number of nitrogens with zero attached hydrogens (tertiary/aromatic N) is 4. The molecule has 0 saturated carbocycles. The summed E-state index contributed by atoms with van der Waals surface area (Å²) in [6, 6.07) is 12.0. The number of carbonyl (C=O) groups is 1. The first-order valence-corrected chi connectivity index (χ1v) is 8.99. The average molecular weight is 663 g/mol. The summed E-state index contributed by atoms with van der Waals surface area (Å²) in [6.45, 7) is 0. The second-order valence-corrected chi connectivity index (χ2v) is 7.04. The molecule has 0 bridgehead atoms. The molecule has 0 aliphatic rings. The van der Waals surface area contributed by atoms with Crippen molar-refractivity contribution in [1.29, 1.82) is 0 Å². The molecule has 17 heteroatoms. The summed E-state index contributed by atoms with van der Waals surface area (Å²) in [5.41, 5.74) is 0.210. The minimum atomic E-state index is -4.75. The Hall–Kier alpha value is -2.22. The molecule has 0 aliphatic carbocycles. The summed E-state index contributed by atoms with van der Waals surface area (Å²) in [7, 11) is -4.75. The predicted octanol–water partition coefficient (Wildman–Crippen LogP) is -2.74. The van der Waals surface area contributed by atoms with Gasteiger partial charge in [-0.05, 0) is 35.5 Å². The molecule has 0 fully saturated rings. The number of nitrogens with one attached hydrogen (secondary N) is 1. The number of anilines is 1. The molecule has 3 rings (SSSR count). The van der Waals surface area contributed by atoms with Gasteiger partial charge in [0, 0.05) is 22.5 Å². The molecule has 0 atom stereocenters. The fraction of sp³-hybridized carbons (Fsp3) is 0. The summed E-state index contributed by atoms with van der Waals surface area (Å²) < 4.78 is 35.1. The molecule has 1 heterocycles. The maximum absolute atomic E-state index is 12.3. The van der Waals surface area contributed by atoms with Crippen molar-refractivity contribution in [3.05, 3.63) is 60.4 Å². The van der Waals surface area contributed by atoms with Crippen LogP contribution in [0.1, 0.15) is 10.4 Å². The van der Waals surface area contributed by atoms with Crippen LogP contribution in [-0.4, -0.2) is 65.9 Å². The van der Waals surface area contributed by atoms with Gasteiger partial charge in [-0.1, -0.05) is 22.4 Å². The molecule has 1 aromatic heterocycles. The summed E-state index contributed by atoms with van der Waals surface area (Å²) in [5, 5.41) is 13.7. The number of benzene rings is 2. The minimum absolute atomic E-state index is 0. The maximum atomic E-state index is 12.3. The van der Waals surface area contributed by atoms with Crippen LogP contribution in [0.4, 0.5) is 5.69 Å². The second kappa shape index (κ2) is 15.6. The van der Waals surface area contributed by atoms with E-state index in [4.69, 9.17) is 0 Å². The first-order chi connectivity index (χ1) is 11.9. The standard InChI is InChI=1S/C14H11N5O4S2.Au.5H2O/c20-14(12-6-1-2-7-13(12)25(21,22)23)17-10-4-3-5-11(8-10)24-19-16-9-15-18-19;;;;;;/h1-9H,(H,17,20)(H,21,22,23);;5*1H2/q;+1;;;;;/p-1. The van der Waals surface area contributed by atoms with Gasteiger partial charge in [-0.15, -0.1) is 10.2 Å². The van der Waals surface area contributed by atoms with Gasteiger partial charge in [0.25, 0.3) is 5.91 Å². The molecule has 14 nitrogen and oxygen atoms in total. The Balaban J connectivity index is -0.000000607. The number of hydrogen-bond donors (Lipinski definition) is 1. The monoisotopic (exact) mass is 663 g/mol. The van der Waals surface area contributed by atoms with E-state index in [9.17, 15) is 17.8 Å². The van der Waals surface area contributed by atoms with Crippen LogP contribution in [0.15, 0.2) is 64.6 Å². The van der Waals surface area contributed by atoms with Crippen molar-refractivity contribution in [3.63, 3.8) is 0 Å². The Bertz CT molecular complexity index is 1020. The van der Waals surface area contributed by atoms with Gasteiger partial charge in [0.15, 0.2) is 6.33 Å². The topological polar surface area (TPSA) is 287 Å². The van der Waals surface area contributed by atoms with E-state index in [1.54, 1.807) is 24.3 Å². The zero-order chi connectivity index (χ0) is 17.9. The number of hydrogen-bond acceptors (Lipinski definition) is 8. The van der Waals surface area contributed by atoms with Gasteiger partial charge in [0.1, 0.15) is 10.1 Å². The quantitative estimate of drug-likeness (QED) is 0.220. The molecule has 0 saturated heterocycles. The number of rotatable bonds is 5. The zero-order valence-corrected chi connectivity index (χ0v) is 19.0. The number of amides is 1. The maximum Gasteiger partial charge on any atom is 1.00 e. The van der Waals surface area contributed by atoms with Gasteiger partial charge in [-0.2, -0.15) is 0 Å². The van der Waals surface area contributed by atoms with Gasteiger partial charge in [-0.25, -0.2) is 8.42 Å². The molecule has 178 valence electrons. The molecule has 11 N–H and O–H groups in total. The molecule has 0 spiro atoms. The first-order valence-electron chi connectivity index (χ1n) is 6.81. The molecule has 2 aromatic carbocycles. The fourth-order valence-electron chi connectivity index (χ4n) is 2.00. The van der Waals surface area contributed by atoms with Crippen LogP contribution < -0.4 is 5.32 Å². The van der Waals surface area contributed by atoms with Crippen LogP contribution in [0.25, 0.3) is 0 Å². The molecule has 3 aromatic rings. The Morgan fingerprint density at radius 3 is 2.23 bits per heavy atom. The summed E-state index contributed by atoms with van der Waals surface area (Å²) in [5.74, 6) is -0.698. The van der Waals surface area contributed by atoms with Gasteiger partial charge in [0.2, 0.25) is 0 Å². The molecular weight excluding hydrogens is 643 g/mol. The van der Waals surface area contributed by atoms with Gasteiger partial charge >= 0.3 is 22.4 Å². The Morgan fingerprint density at radius 1 is 1.00 bits per heavy atom. The van der Waals surface area contributed by atoms with Gasteiger partial charge in [0.05, 0.1) is 10.5 Å². The molecule has 0 unspecified atom stereocenters. The Morgan fingerprint density at radius 2 is 1.65 bits per heavy atom. The van der Waals surface area contributed by atoms with E-state index < -0.39 is 20.9 Å². The second-order valence-electron chi connectivity index (χ2n) is 4.71. The van der Waals surface area contributed by atoms with E-state index in [0.717, 1.165) is 11.0 Å². The van der Waals surface area contributed by atoms with E-state index >= 15 is 0 Å². The summed E-state index contributed by atoms with van der Waals surface area (Å²) in [4.78, 5) is 12.5. The van der Waals surface area contributed by atoms with Crippen molar-refractivity contribution in [2.75, 3.05) is 5.32 Å². The van der Waals surface area contributed by atoms with Crippen LogP contribution in [0, 0.1) is 0 Å². The van der Waals surface area contributed by atoms with Crippen molar-refractivity contribution < 1.29 is 67.5 Å². The predicted molar refractivity (Wildman–Crippen MR) is 106 cm³/mol. The third-order valence-electron chi connectivity index (χ3n) is 3.01. The van der Waals surface area contributed by atoms with Gasteiger partial charge < -0.3 is 37.3 Å². The van der Waals surface area contributed by atoms with E-state index in [1.807, 2.05) is 0 Å². The van der Waals surface area contributed by atoms with Gasteiger partial charge in [-0.3, -0.25) is 4.79 Å². The molecule has 0 radical (unpaired) electrons. The zero-order valence-electron chi connectivity index (χ0n) is 15.2. The van der Waals surface area contributed by atoms with E-state index in [0.29, 0.717) is 5.69 Å². The first kappa shape index (κ1) is 36.2. The third kappa shape index (κ3) is 9.63. The van der Waals surface area contributed by atoms with E-state index in [2.05, 4.69) is 20.7 Å². The number of aromatic nitrogens is 4. The van der Waals surface area contributed by atoms with E-state index in [-0.39, 0.29) is 55.3 Å². The molecule has 0 aliphatic heterocycles. The average Bonchev–Trinajstić information content (AvgIpc) is 3.07. The van der Waals surface area contributed by atoms with Crippen molar-refractivity contribution >= 4 is 33.7 Å². The fourth-order valence-corrected chi connectivity index (χ4v) is 3.35. The minimum Gasteiger partial charge on any atom is -0.744 e. The molecular formula is C14H20AuN5O9S2. The summed E-state index contributed by atoms with van der Waals surface area (Å²) >= 11 is 1.17. The van der Waals surface area contributed by atoms with Crippen molar-refractivity contribution in [1.82, 2.24) is 19.6 Å². The van der Waals surface area contributed by atoms with Crippen LogP contribution in [0.2, 0.25) is 0 Å². The normalized spacial score (nSPS) is 9.06. The van der Waals surface area contributed by atoms with Crippen molar-refractivity contribution in [2.24, 2.45) is 0 Å². The molecule has 1 amide bonds. The third-order valence-corrected chi connectivity index (χ3v) is 4.70. The van der Waals surface area contributed by atoms with Crippen molar-refractivity contribution in [3.8, 4) is 0 Å². The number of carbonyl (C=O) groups excluding carboxylic acids is 1. The van der Waals surface area contributed by atoms with Crippen LogP contribution >= 0.6 is 11.9 Å². The summed E-state index contributed by atoms with van der Waals surface area (Å²) in [6.07, 6.45) is 1.29. The van der Waals surface area contributed by atoms with Crippen LogP contribution in [0.3, 0.4) is 0 Å². The van der Waals surface area contributed by atoms with Crippen molar-refractivity contribution in [2.45, 2.75) is 9.79 Å². The van der Waals surface area contributed by atoms with Crippen LogP contribution in [-0.2, 0) is 32.5 Å². The number of tetrazole rings is 1. The Labute approximate surface area is 196 Å². The largest absolute Gasteiger partial charge is 1.00 e.